The van der Waals surface area contributed by atoms with E-state index in [1.807, 2.05) is 26.0 Å². The van der Waals surface area contributed by atoms with Crippen molar-refractivity contribution in [1.82, 2.24) is 5.32 Å². The Bertz CT molecular complexity index is 693. The number of amides is 1. The van der Waals surface area contributed by atoms with E-state index < -0.39 is 5.97 Å². The summed E-state index contributed by atoms with van der Waals surface area (Å²) in [5, 5.41) is 12.3. The van der Waals surface area contributed by atoms with Gasteiger partial charge in [-0.05, 0) is 25.0 Å². The molecule has 0 bridgehead atoms. The number of carbonyl (C=O) groups excluding carboxylic acids is 1. The van der Waals surface area contributed by atoms with E-state index in [0.717, 1.165) is 27.7 Å². The van der Waals surface area contributed by atoms with E-state index in [4.69, 9.17) is 9.52 Å². The fraction of sp³-hybridized carbons (Fsp3) is 0.375. The number of nitrogens with one attached hydrogen (secondary N) is 1. The molecule has 0 saturated heterocycles. The Labute approximate surface area is 133 Å². The van der Waals surface area contributed by atoms with Gasteiger partial charge in [-0.15, -0.1) is 11.8 Å². The van der Waals surface area contributed by atoms with Gasteiger partial charge in [0, 0.05) is 23.2 Å². The van der Waals surface area contributed by atoms with Crippen LogP contribution in [0.2, 0.25) is 0 Å². The Balaban J connectivity index is 1.90. The number of thioether (sulfide) groups is 1. The van der Waals surface area contributed by atoms with Crippen LogP contribution >= 0.6 is 11.8 Å². The molecular formula is C16H19NO4S. The van der Waals surface area contributed by atoms with Crippen molar-refractivity contribution in [2.45, 2.75) is 20.3 Å². The summed E-state index contributed by atoms with van der Waals surface area (Å²) in [7, 11) is 0. The third-order valence-electron chi connectivity index (χ3n) is 3.49. The molecule has 0 aliphatic carbocycles. The summed E-state index contributed by atoms with van der Waals surface area (Å²) < 4.78 is 5.58. The first-order valence-corrected chi connectivity index (χ1v) is 8.17. The normalized spacial score (nSPS) is 10.8. The van der Waals surface area contributed by atoms with E-state index >= 15 is 0 Å². The van der Waals surface area contributed by atoms with Gasteiger partial charge in [-0.1, -0.05) is 12.1 Å². The smallest absolute Gasteiger partial charge is 0.313 e. The lowest BCUT2D eigenvalue weighted by atomic mass is 10.0. The molecule has 0 unspecified atom stereocenters. The highest BCUT2D eigenvalue weighted by molar-refractivity contribution is 7.99. The zero-order valence-corrected chi connectivity index (χ0v) is 13.5. The molecule has 5 nitrogen and oxygen atoms in total. The van der Waals surface area contributed by atoms with Crippen molar-refractivity contribution in [1.29, 1.82) is 0 Å². The average Bonchev–Trinajstić information content (AvgIpc) is 2.86. The van der Waals surface area contributed by atoms with Gasteiger partial charge in [-0.2, -0.15) is 0 Å². The lowest BCUT2D eigenvalue weighted by Gasteiger charge is -2.04. The summed E-state index contributed by atoms with van der Waals surface area (Å²) in [4.78, 5) is 22.3. The molecule has 0 saturated carbocycles. The first-order chi connectivity index (χ1) is 10.5. The number of carboxylic acids is 1. The number of aryl methyl sites for hydroxylation is 2. The van der Waals surface area contributed by atoms with Gasteiger partial charge in [-0.25, -0.2) is 0 Å². The Hall–Kier alpha value is -1.95. The molecule has 2 N–H and O–H groups in total. The van der Waals surface area contributed by atoms with Crippen LogP contribution in [0.15, 0.2) is 22.8 Å². The van der Waals surface area contributed by atoms with E-state index in [1.54, 1.807) is 6.26 Å². The minimum Gasteiger partial charge on any atom is -0.481 e. The molecule has 0 fully saturated rings. The quantitative estimate of drug-likeness (QED) is 0.766. The topological polar surface area (TPSA) is 79.5 Å². The maximum absolute atomic E-state index is 11.9. The molecule has 0 aliphatic rings. The van der Waals surface area contributed by atoms with Gasteiger partial charge in [0.15, 0.2) is 0 Å². The van der Waals surface area contributed by atoms with Crippen molar-refractivity contribution in [2.75, 3.05) is 18.1 Å². The maximum atomic E-state index is 11.9. The SMILES string of the molecule is Cc1ccc2c(CC(=O)NCCSCC(=O)O)coc2c1C. The van der Waals surface area contributed by atoms with Crippen molar-refractivity contribution in [3.8, 4) is 0 Å². The largest absolute Gasteiger partial charge is 0.481 e. The Kier molecular flexibility index (Phi) is 5.49. The third kappa shape index (κ3) is 4.04. The summed E-state index contributed by atoms with van der Waals surface area (Å²) >= 11 is 1.28. The number of hydrogen-bond donors (Lipinski definition) is 2. The van der Waals surface area contributed by atoms with Crippen LogP contribution in [0.5, 0.6) is 0 Å². The van der Waals surface area contributed by atoms with Crippen molar-refractivity contribution in [3.63, 3.8) is 0 Å². The summed E-state index contributed by atoms with van der Waals surface area (Å²) in [6.07, 6.45) is 1.90. The van der Waals surface area contributed by atoms with Crippen LogP contribution in [0.3, 0.4) is 0 Å². The van der Waals surface area contributed by atoms with Gasteiger partial charge >= 0.3 is 5.97 Å². The van der Waals surface area contributed by atoms with Crippen molar-refractivity contribution in [2.24, 2.45) is 0 Å². The minimum atomic E-state index is -0.841. The summed E-state index contributed by atoms with van der Waals surface area (Å²) in [6, 6.07) is 4.00. The van der Waals surface area contributed by atoms with E-state index in [9.17, 15) is 9.59 Å². The molecule has 1 amide bonds. The van der Waals surface area contributed by atoms with Crippen molar-refractivity contribution in [3.05, 3.63) is 35.1 Å². The highest BCUT2D eigenvalue weighted by Gasteiger charge is 2.12. The molecule has 118 valence electrons. The number of furan rings is 1. The molecule has 2 rings (SSSR count). The van der Waals surface area contributed by atoms with Crippen LogP contribution < -0.4 is 5.32 Å². The second-order valence-corrected chi connectivity index (χ2v) is 6.22. The number of hydrogen-bond acceptors (Lipinski definition) is 4. The van der Waals surface area contributed by atoms with E-state index in [1.165, 1.54) is 11.8 Å². The van der Waals surface area contributed by atoms with Crippen LogP contribution in [0, 0.1) is 13.8 Å². The van der Waals surface area contributed by atoms with Crippen LogP contribution in [0.1, 0.15) is 16.7 Å². The molecule has 1 aromatic carbocycles. The number of aliphatic carboxylic acids is 1. The van der Waals surface area contributed by atoms with Gasteiger partial charge < -0.3 is 14.8 Å². The highest BCUT2D eigenvalue weighted by atomic mass is 32.2. The zero-order valence-electron chi connectivity index (χ0n) is 12.6. The molecule has 0 aliphatic heterocycles. The fourth-order valence-corrected chi connectivity index (χ4v) is 2.75. The van der Waals surface area contributed by atoms with Gasteiger partial charge in [0.05, 0.1) is 18.4 Å². The van der Waals surface area contributed by atoms with Crippen molar-refractivity contribution < 1.29 is 19.1 Å². The van der Waals surface area contributed by atoms with Crippen molar-refractivity contribution >= 4 is 34.6 Å². The fourth-order valence-electron chi connectivity index (χ4n) is 2.18. The molecule has 0 radical (unpaired) electrons. The second-order valence-electron chi connectivity index (χ2n) is 5.12. The lowest BCUT2D eigenvalue weighted by molar-refractivity contribution is -0.133. The number of carboxylic acid groups (broad SMARTS) is 1. The Morgan fingerprint density at radius 3 is 2.82 bits per heavy atom. The first-order valence-electron chi connectivity index (χ1n) is 7.01. The number of rotatable bonds is 7. The summed E-state index contributed by atoms with van der Waals surface area (Å²) in [5.74, 6) is -0.285. The standard InChI is InChI=1S/C16H19NO4S/c1-10-3-4-13-12(8-21-16(13)11(10)2)7-14(18)17-5-6-22-9-15(19)20/h3-4,8H,5-7,9H2,1-2H3,(H,17,18)(H,19,20). The lowest BCUT2D eigenvalue weighted by Crippen LogP contribution is -2.27. The molecule has 22 heavy (non-hydrogen) atoms. The van der Waals surface area contributed by atoms with E-state index in [2.05, 4.69) is 5.32 Å². The first kappa shape index (κ1) is 16.4. The number of carbonyl (C=O) groups is 2. The molecule has 6 heteroatoms. The van der Waals surface area contributed by atoms with Gasteiger partial charge in [0.2, 0.25) is 5.91 Å². The monoisotopic (exact) mass is 321 g/mol. The Morgan fingerprint density at radius 2 is 2.09 bits per heavy atom. The van der Waals surface area contributed by atoms with Crippen LogP contribution in [-0.4, -0.2) is 35.0 Å². The molecule has 1 aromatic heterocycles. The predicted octanol–water partition coefficient (Wildman–Crippen LogP) is 2.53. The number of fused-ring (bicyclic) bond motifs is 1. The van der Waals surface area contributed by atoms with Crippen LogP contribution in [0.25, 0.3) is 11.0 Å². The summed E-state index contributed by atoms with van der Waals surface area (Å²) in [6.45, 7) is 4.49. The third-order valence-corrected chi connectivity index (χ3v) is 4.43. The van der Waals surface area contributed by atoms with Gasteiger partial charge in [-0.3, -0.25) is 9.59 Å². The predicted molar refractivity (Wildman–Crippen MR) is 87.4 cm³/mol. The average molecular weight is 321 g/mol. The summed E-state index contributed by atoms with van der Waals surface area (Å²) in [5.41, 5.74) is 3.95. The van der Waals surface area contributed by atoms with Crippen LogP contribution in [0.4, 0.5) is 0 Å². The highest BCUT2D eigenvalue weighted by Crippen LogP contribution is 2.26. The minimum absolute atomic E-state index is 0.0564. The molecule has 0 atom stereocenters. The zero-order chi connectivity index (χ0) is 16.1. The second kappa shape index (κ2) is 7.35. The van der Waals surface area contributed by atoms with Gasteiger partial charge in [0.25, 0.3) is 0 Å². The molecular weight excluding hydrogens is 302 g/mol. The maximum Gasteiger partial charge on any atom is 0.313 e. The molecule has 1 heterocycles. The van der Waals surface area contributed by atoms with E-state index in [0.29, 0.717) is 12.3 Å². The van der Waals surface area contributed by atoms with Gasteiger partial charge in [0.1, 0.15) is 5.58 Å². The molecule has 0 spiro atoms. The van der Waals surface area contributed by atoms with E-state index in [-0.39, 0.29) is 18.1 Å². The number of benzene rings is 1. The van der Waals surface area contributed by atoms with Crippen LogP contribution in [-0.2, 0) is 16.0 Å². The molecule has 2 aromatic rings. The Morgan fingerprint density at radius 1 is 1.32 bits per heavy atom.